The number of thiocarbonyl (C=S) groups is 1. The van der Waals surface area contributed by atoms with Crippen LogP contribution in [0.4, 0.5) is 5.69 Å². The second kappa shape index (κ2) is 9.15. The van der Waals surface area contributed by atoms with E-state index in [1.165, 1.54) is 12.8 Å². The second-order valence-electron chi connectivity index (χ2n) is 6.56. The molecule has 0 saturated heterocycles. The fourth-order valence-electron chi connectivity index (χ4n) is 3.33. The lowest BCUT2D eigenvalue weighted by molar-refractivity contribution is 0.0526. The average Bonchev–Trinajstić information content (AvgIpc) is 3.03. The van der Waals surface area contributed by atoms with E-state index in [9.17, 15) is 4.79 Å². The summed E-state index contributed by atoms with van der Waals surface area (Å²) in [4.78, 5) is 11.8. The molecule has 5 nitrogen and oxygen atoms in total. The Morgan fingerprint density at radius 3 is 2.64 bits per heavy atom. The molecule has 1 aromatic rings. The fraction of sp³-hybridized carbons (Fsp3) is 0.579. The number of rotatable bonds is 7. The molecule has 0 aliphatic heterocycles. The van der Waals surface area contributed by atoms with E-state index >= 15 is 0 Å². The van der Waals surface area contributed by atoms with E-state index in [0.29, 0.717) is 17.3 Å². The van der Waals surface area contributed by atoms with Crippen molar-refractivity contribution in [1.29, 1.82) is 0 Å². The van der Waals surface area contributed by atoms with E-state index in [-0.39, 0.29) is 11.5 Å². The highest BCUT2D eigenvalue weighted by atomic mass is 32.1. The highest BCUT2D eigenvalue weighted by Crippen LogP contribution is 2.32. The Hall–Kier alpha value is -1.66. The van der Waals surface area contributed by atoms with E-state index in [1.807, 2.05) is 19.1 Å². The highest BCUT2D eigenvalue weighted by molar-refractivity contribution is 7.80. The molecule has 2 rings (SSSR count). The van der Waals surface area contributed by atoms with Gasteiger partial charge in [-0.25, -0.2) is 4.79 Å². The maximum absolute atomic E-state index is 11.8. The maximum Gasteiger partial charge on any atom is 0.338 e. The number of nitrogens with one attached hydrogen (secondary N) is 2. The maximum atomic E-state index is 11.8. The van der Waals surface area contributed by atoms with Crippen LogP contribution in [-0.4, -0.2) is 36.9 Å². The number of methoxy groups -OCH3 is 1. The summed E-state index contributed by atoms with van der Waals surface area (Å²) in [6.07, 6.45) is 5.60. The van der Waals surface area contributed by atoms with Gasteiger partial charge in [-0.2, -0.15) is 0 Å². The van der Waals surface area contributed by atoms with Gasteiger partial charge in [0.25, 0.3) is 0 Å². The molecule has 0 spiro atoms. The van der Waals surface area contributed by atoms with Gasteiger partial charge in [-0.1, -0.05) is 12.8 Å². The normalized spacial score (nSPS) is 15.6. The number of benzene rings is 1. The SMILES string of the molecule is CCOC(=O)c1ccc(NC(=S)NC2(CCOC)CCCC2)c(C)c1. The van der Waals surface area contributed by atoms with Gasteiger partial charge in [-0.05, 0) is 69.1 Å². The first-order valence-electron chi connectivity index (χ1n) is 8.85. The van der Waals surface area contributed by atoms with Crippen LogP contribution in [0.2, 0.25) is 0 Å². The zero-order valence-corrected chi connectivity index (χ0v) is 16.1. The van der Waals surface area contributed by atoms with E-state index in [1.54, 1.807) is 20.1 Å². The van der Waals surface area contributed by atoms with Crippen LogP contribution in [0.15, 0.2) is 18.2 Å². The topological polar surface area (TPSA) is 59.6 Å². The Morgan fingerprint density at radius 2 is 2.04 bits per heavy atom. The molecule has 0 aromatic heterocycles. The van der Waals surface area contributed by atoms with Crippen LogP contribution in [0.1, 0.15) is 54.9 Å². The van der Waals surface area contributed by atoms with Gasteiger partial charge < -0.3 is 20.1 Å². The molecule has 1 aliphatic carbocycles. The minimum Gasteiger partial charge on any atom is -0.462 e. The predicted octanol–water partition coefficient (Wildman–Crippen LogP) is 3.81. The van der Waals surface area contributed by atoms with Crippen LogP contribution in [0.5, 0.6) is 0 Å². The van der Waals surface area contributed by atoms with Gasteiger partial charge >= 0.3 is 5.97 Å². The van der Waals surface area contributed by atoms with Crippen molar-refractivity contribution in [3.63, 3.8) is 0 Å². The van der Waals surface area contributed by atoms with Crippen molar-refractivity contribution in [2.75, 3.05) is 25.6 Å². The standard InChI is InChI=1S/C19H28N2O3S/c1-4-24-17(22)15-7-8-16(14(2)13-15)20-18(25)21-19(11-12-23-3)9-5-6-10-19/h7-8,13H,4-6,9-12H2,1-3H3,(H2,20,21,25). The summed E-state index contributed by atoms with van der Waals surface area (Å²) in [5, 5.41) is 7.39. The van der Waals surface area contributed by atoms with Gasteiger partial charge in [-0.3, -0.25) is 0 Å². The Kier molecular flexibility index (Phi) is 7.20. The molecule has 0 unspecified atom stereocenters. The molecule has 1 aromatic carbocycles. The van der Waals surface area contributed by atoms with Gasteiger partial charge in [0.05, 0.1) is 12.2 Å². The lowest BCUT2D eigenvalue weighted by atomic mass is 9.94. The van der Waals surface area contributed by atoms with Crippen LogP contribution in [-0.2, 0) is 9.47 Å². The molecule has 1 fully saturated rings. The molecule has 0 atom stereocenters. The van der Waals surface area contributed by atoms with Crippen LogP contribution in [0.3, 0.4) is 0 Å². The minimum atomic E-state index is -0.303. The first kappa shape index (κ1) is 19.7. The van der Waals surface area contributed by atoms with E-state index in [0.717, 1.165) is 37.1 Å². The molecule has 0 heterocycles. The van der Waals surface area contributed by atoms with E-state index < -0.39 is 0 Å². The zero-order valence-electron chi connectivity index (χ0n) is 15.3. The fourth-order valence-corrected chi connectivity index (χ4v) is 3.65. The quantitative estimate of drug-likeness (QED) is 0.567. The minimum absolute atomic E-state index is 0.0267. The van der Waals surface area contributed by atoms with Gasteiger partial charge in [0.2, 0.25) is 0 Å². The molecule has 2 N–H and O–H groups in total. The van der Waals surface area contributed by atoms with Crippen molar-refractivity contribution in [3.05, 3.63) is 29.3 Å². The molecule has 0 bridgehead atoms. The third kappa shape index (κ3) is 5.41. The Labute approximate surface area is 155 Å². The van der Waals surface area contributed by atoms with E-state index in [4.69, 9.17) is 21.7 Å². The molecule has 0 amide bonds. The Morgan fingerprint density at radius 1 is 1.32 bits per heavy atom. The number of carbonyl (C=O) groups excluding carboxylic acids is 1. The number of ether oxygens (including phenoxy) is 2. The number of esters is 1. The monoisotopic (exact) mass is 364 g/mol. The summed E-state index contributed by atoms with van der Waals surface area (Å²) >= 11 is 5.53. The molecule has 1 aliphatic rings. The summed E-state index contributed by atoms with van der Waals surface area (Å²) in [5.41, 5.74) is 2.42. The number of carbonyl (C=O) groups is 1. The third-order valence-electron chi connectivity index (χ3n) is 4.71. The average molecular weight is 365 g/mol. The van der Waals surface area contributed by atoms with Crippen molar-refractivity contribution >= 4 is 29.0 Å². The molecule has 0 radical (unpaired) electrons. The van der Waals surface area contributed by atoms with E-state index in [2.05, 4.69) is 10.6 Å². The molecule has 138 valence electrons. The van der Waals surface area contributed by atoms with Crippen molar-refractivity contribution in [2.45, 2.75) is 51.5 Å². The van der Waals surface area contributed by atoms with Crippen molar-refractivity contribution in [3.8, 4) is 0 Å². The number of aryl methyl sites for hydroxylation is 1. The number of anilines is 1. The van der Waals surface area contributed by atoms with Gasteiger partial charge in [0.1, 0.15) is 0 Å². The van der Waals surface area contributed by atoms with Gasteiger partial charge in [-0.15, -0.1) is 0 Å². The largest absolute Gasteiger partial charge is 0.462 e. The Bertz CT molecular complexity index is 613. The first-order valence-corrected chi connectivity index (χ1v) is 9.26. The summed E-state index contributed by atoms with van der Waals surface area (Å²) in [6.45, 7) is 4.84. The Balaban J connectivity index is 2.01. The number of hydrogen-bond donors (Lipinski definition) is 2. The van der Waals surface area contributed by atoms with Gasteiger partial charge in [0, 0.05) is 24.9 Å². The van der Waals surface area contributed by atoms with Crippen molar-refractivity contribution in [1.82, 2.24) is 5.32 Å². The predicted molar refractivity (Wildman–Crippen MR) is 104 cm³/mol. The summed E-state index contributed by atoms with van der Waals surface area (Å²) in [6, 6.07) is 5.44. The highest BCUT2D eigenvalue weighted by Gasteiger charge is 2.34. The first-order chi connectivity index (χ1) is 12.0. The summed E-state index contributed by atoms with van der Waals surface area (Å²) in [5.74, 6) is -0.303. The van der Waals surface area contributed by atoms with Crippen LogP contribution in [0, 0.1) is 6.92 Å². The summed E-state index contributed by atoms with van der Waals surface area (Å²) in [7, 11) is 1.73. The molecule has 1 saturated carbocycles. The molecule has 25 heavy (non-hydrogen) atoms. The third-order valence-corrected chi connectivity index (χ3v) is 4.91. The second-order valence-corrected chi connectivity index (χ2v) is 6.97. The molecule has 6 heteroatoms. The van der Waals surface area contributed by atoms with Crippen LogP contribution >= 0.6 is 12.2 Å². The van der Waals surface area contributed by atoms with Crippen molar-refractivity contribution < 1.29 is 14.3 Å². The zero-order chi connectivity index (χ0) is 18.3. The van der Waals surface area contributed by atoms with Gasteiger partial charge in [0.15, 0.2) is 5.11 Å². The molecular formula is C19H28N2O3S. The smallest absolute Gasteiger partial charge is 0.338 e. The molecular weight excluding hydrogens is 336 g/mol. The van der Waals surface area contributed by atoms with Crippen LogP contribution < -0.4 is 10.6 Å². The lowest BCUT2D eigenvalue weighted by Gasteiger charge is -2.32. The van der Waals surface area contributed by atoms with Crippen molar-refractivity contribution in [2.24, 2.45) is 0 Å². The van der Waals surface area contributed by atoms with Crippen LogP contribution in [0.25, 0.3) is 0 Å². The summed E-state index contributed by atoms with van der Waals surface area (Å²) < 4.78 is 10.3. The lowest BCUT2D eigenvalue weighted by Crippen LogP contribution is -2.48. The number of hydrogen-bond acceptors (Lipinski definition) is 4.